The second kappa shape index (κ2) is 37.3. The van der Waals surface area contributed by atoms with E-state index in [9.17, 15) is 19.8 Å². The summed E-state index contributed by atoms with van der Waals surface area (Å²) in [6.45, 7) is 11.3. The first-order chi connectivity index (χ1) is 29.1. The van der Waals surface area contributed by atoms with Gasteiger partial charge in [0.15, 0.2) is 0 Å². The minimum absolute atomic E-state index is 0.504. The molecule has 0 aromatic heterocycles. The highest BCUT2D eigenvalue weighted by molar-refractivity contribution is 5.75. The van der Waals surface area contributed by atoms with Gasteiger partial charge in [0.05, 0.1) is 10.8 Å². The van der Waals surface area contributed by atoms with Gasteiger partial charge in [-0.05, 0) is 91.4 Å². The van der Waals surface area contributed by atoms with Crippen molar-refractivity contribution in [1.82, 2.24) is 9.80 Å². The van der Waals surface area contributed by atoms with Crippen molar-refractivity contribution in [2.75, 3.05) is 27.2 Å². The fraction of sp³-hybridized carbons (Fsp3) is 0.963. The van der Waals surface area contributed by atoms with Crippen LogP contribution in [0.4, 0.5) is 0 Å². The van der Waals surface area contributed by atoms with E-state index >= 15 is 0 Å². The van der Waals surface area contributed by atoms with E-state index in [0.29, 0.717) is 12.1 Å². The first kappa shape index (κ1) is 56.9. The third kappa shape index (κ3) is 25.2. The van der Waals surface area contributed by atoms with Gasteiger partial charge < -0.3 is 20.0 Å². The molecule has 2 N–H and O–H groups in total. The predicted molar refractivity (Wildman–Crippen MR) is 260 cm³/mol. The average Bonchev–Trinajstić information content (AvgIpc) is 3.24. The summed E-state index contributed by atoms with van der Waals surface area (Å²) >= 11 is 0. The zero-order valence-corrected chi connectivity index (χ0v) is 41.5. The van der Waals surface area contributed by atoms with Crippen molar-refractivity contribution in [1.29, 1.82) is 0 Å². The fourth-order valence-corrected chi connectivity index (χ4v) is 10.8. The molecule has 6 nitrogen and oxygen atoms in total. The van der Waals surface area contributed by atoms with Crippen molar-refractivity contribution < 1.29 is 19.8 Å². The van der Waals surface area contributed by atoms with Crippen LogP contribution in [0.3, 0.4) is 0 Å². The molecule has 0 heterocycles. The summed E-state index contributed by atoms with van der Waals surface area (Å²) in [5.41, 5.74) is -1.01. The zero-order valence-electron chi connectivity index (χ0n) is 41.5. The van der Waals surface area contributed by atoms with E-state index in [2.05, 4.69) is 51.6 Å². The van der Waals surface area contributed by atoms with Crippen molar-refractivity contribution >= 4 is 11.9 Å². The molecule has 1 saturated carbocycles. The molecule has 0 saturated heterocycles. The zero-order chi connectivity index (χ0) is 44.2. The van der Waals surface area contributed by atoms with Crippen LogP contribution in [-0.2, 0) is 9.59 Å². The number of hydrogen-bond donors (Lipinski definition) is 2. The highest BCUT2D eigenvalue weighted by Gasteiger charge is 2.38. The van der Waals surface area contributed by atoms with E-state index in [0.717, 1.165) is 89.9 Å². The van der Waals surface area contributed by atoms with Crippen molar-refractivity contribution in [2.45, 2.75) is 297 Å². The van der Waals surface area contributed by atoms with Crippen LogP contribution in [0.1, 0.15) is 285 Å². The summed E-state index contributed by atoms with van der Waals surface area (Å²) in [6, 6.07) is 1.28. The Morgan fingerprint density at radius 2 is 0.600 bits per heavy atom. The number of carbonyl (C=O) groups is 2. The van der Waals surface area contributed by atoms with Crippen molar-refractivity contribution in [3.63, 3.8) is 0 Å². The molecule has 1 rings (SSSR count). The maximum atomic E-state index is 12.7. The molecule has 0 amide bonds. The molecular weight excluding hydrogens is 741 g/mol. The van der Waals surface area contributed by atoms with Crippen molar-refractivity contribution in [2.24, 2.45) is 10.8 Å². The molecule has 0 aromatic carbocycles. The van der Waals surface area contributed by atoms with Gasteiger partial charge in [-0.15, -0.1) is 0 Å². The van der Waals surface area contributed by atoms with E-state index in [-0.39, 0.29) is 0 Å². The summed E-state index contributed by atoms with van der Waals surface area (Å²) in [7, 11) is 4.73. The third-order valence-corrected chi connectivity index (χ3v) is 15.1. The molecule has 0 radical (unpaired) electrons. The Morgan fingerprint density at radius 1 is 0.383 bits per heavy atom. The van der Waals surface area contributed by atoms with Crippen LogP contribution in [0.15, 0.2) is 0 Å². The first-order valence-electron chi connectivity index (χ1n) is 27.0. The minimum atomic E-state index is -0.525. The van der Waals surface area contributed by atoms with Crippen LogP contribution in [0.2, 0.25) is 0 Å². The Kier molecular flexibility index (Phi) is 35.3. The van der Waals surface area contributed by atoms with Gasteiger partial charge >= 0.3 is 11.9 Å². The van der Waals surface area contributed by atoms with Crippen LogP contribution in [-0.4, -0.2) is 71.2 Å². The Balaban J connectivity index is 2.49. The average molecular weight is 847 g/mol. The van der Waals surface area contributed by atoms with E-state index in [1.54, 1.807) is 0 Å². The number of rotatable bonds is 44. The SMILES string of the molecule is CCCCCCCCC(CCCCCC)(CCCCCCCN(C)[C@@H]1CCCC[C@@H]1N(C)CCCCCCCC(CCCCCC)(CCCCCCCC)C(=O)O)C(=O)O. The summed E-state index contributed by atoms with van der Waals surface area (Å²) in [5.74, 6) is -1.05. The van der Waals surface area contributed by atoms with Gasteiger partial charge in [-0.2, -0.15) is 0 Å². The van der Waals surface area contributed by atoms with E-state index < -0.39 is 22.8 Å². The second-order valence-electron chi connectivity index (χ2n) is 20.2. The predicted octanol–water partition coefficient (Wildman–Crippen LogP) is 16.4. The number of aliphatic carboxylic acids is 2. The number of carboxylic acid groups (broad SMARTS) is 2. The summed E-state index contributed by atoms with van der Waals surface area (Å²) in [4.78, 5) is 30.8. The lowest BCUT2D eigenvalue weighted by Gasteiger charge is -2.42. The molecule has 6 heteroatoms. The van der Waals surface area contributed by atoms with Gasteiger partial charge in [-0.1, -0.05) is 220 Å². The van der Waals surface area contributed by atoms with Gasteiger partial charge in [0.2, 0.25) is 0 Å². The van der Waals surface area contributed by atoms with Crippen LogP contribution >= 0.6 is 0 Å². The summed E-state index contributed by atoms with van der Waals surface area (Å²) < 4.78 is 0. The Hall–Kier alpha value is -1.14. The Morgan fingerprint density at radius 3 is 0.850 bits per heavy atom. The molecule has 1 fully saturated rings. The maximum Gasteiger partial charge on any atom is 0.309 e. The van der Waals surface area contributed by atoms with E-state index in [1.807, 2.05) is 0 Å². The molecule has 0 aromatic rings. The van der Waals surface area contributed by atoms with Gasteiger partial charge in [0.25, 0.3) is 0 Å². The molecular formula is C54H106N2O4. The molecule has 2 unspecified atom stereocenters. The van der Waals surface area contributed by atoms with Crippen molar-refractivity contribution in [3.8, 4) is 0 Å². The summed E-state index contributed by atoms with van der Waals surface area (Å²) in [5, 5.41) is 21.0. The lowest BCUT2D eigenvalue weighted by Crippen LogP contribution is -2.51. The monoisotopic (exact) mass is 847 g/mol. The van der Waals surface area contributed by atoms with E-state index in [4.69, 9.17) is 0 Å². The molecule has 0 aliphatic heterocycles. The third-order valence-electron chi connectivity index (χ3n) is 15.1. The molecule has 1 aliphatic carbocycles. The lowest BCUT2D eigenvalue weighted by molar-refractivity contribution is -0.151. The standard InChI is InChI=1S/C54H106N2O4/c1-7-11-15-19-23-33-43-53(51(57)58,41-31-17-13-9-3)45-35-25-21-27-37-47-55(5)49-39-29-30-40-50(49)56(6)48-38-28-22-26-36-46-54(52(59)60,42-32-18-14-10-4)44-34-24-20-16-12-8-2/h49-50H,7-48H2,1-6H3,(H,57,58)(H,59,60)/t49-,50+,53?,54?. The fourth-order valence-electron chi connectivity index (χ4n) is 10.8. The molecule has 4 atom stereocenters. The number of unbranched alkanes of at least 4 members (excludes halogenated alkanes) is 24. The highest BCUT2D eigenvalue weighted by atomic mass is 16.4. The molecule has 0 bridgehead atoms. The van der Waals surface area contributed by atoms with E-state index in [1.165, 1.54) is 180 Å². The molecule has 1 aliphatic rings. The topological polar surface area (TPSA) is 81.1 Å². The quantitative estimate of drug-likeness (QED) is 0.0595. The van der Waals surface area contributed by atoms with Gasteiger partial charge in [0, 0.05) is 12.1 Å². The number of carboxylic acids is 2. The summed E-state index contributed by atoms with van der Waals surface area (Å²) in [6.07, 6.45) is 46.4. The number of hydrogen-bond acceptors (Lipinski definition) is 4. The lowest BCUT2D eigenvalue weighted by atomic mass is 9.74. The van der Waals surface area contributed by atoms with Gasteiger partial charge in [-0.3, -0.25) is 9.59 Å². The maximum absolute atomic E-state index is 12.7. The smallest absolute Gasteiger partial charge is 0.309 e. The largest absolute Gasteiger partial charge is 0.481 e. The normalized spacial score (nSPS) is 17.9. The molecule has 356 valence electrons. The number of likely N-dealkylation sites (N-methyl/N-ethyl adjacent to an activating group) is 2. The molecule has 0 spiro atoms. The number of nitrogens with zero attached hydrogens (tertiary/aromatic N) is 2. The van der Waals surface area contributed by atoms with Crippen LogP contribution in [0.25, 0.3) is 0 Å². The minimum Gasteiger partial charge on any atom is -0.481 e. The Bertz CT molecular complexity index is 928. The van der Waals surface area contributed by atoms with Crippen molar-refractivity contribution in [3.05, 3.63) is 0 Å². The first-order valence-corrected chi connectivity index (χ1v) is 27.0. The van der Waals surface area contributed by atoms with Gasteiger partial charge in [-0.25, -0.2) is 0 Å². The van der Waals surface area contributed by atoms with Crippen LogP contribution < -0.4 is 0 Å². The highest BCUT2D eigenvalue weighted by Crippen LogP contribution is 2.39. The molecule has 60 heavy (non-hydrogen) atoms. The second-order valence-corrected chi connectivity index (χ2v) is 20.2. The van der Waals surface area contributed by atoms with Gasteiger partial charge in [0.1, 0.15) is 0 Å². The van der Waals surface area contributed by atoms with Crippen LogP contribution in [0, 0.1) is 10.8 Å². The van der Waals surface area contributed by atoms with Crippen LogP contribution in [0.5, 0.6) is 0 Å². The Labute approximate surface area is 375 Å².